The van der Waals surface area contributed by atoms with Crippen LogP contribution in [0.25, 0.3) is 16.0 Å². The Hall–Kier alpha value is -3.85. The fourth-order valence-electron chi connectivity index (χ4n) is 4.39. The summed E-state index contributed by atoms with van der Waals surface area (Å²) in [6.45, 7) is 9.45. The van der Waals surface area contributed by atoms with E-state index in [-0.39, 0.29) is 17.8 Å². The maximum Gasteiger partial charge on any atom is 0.352 e. The number of rotatable bonds is 8. The van der Waals surface area contributed by atoms with Crippen LogP contribution in [-0.4, -0.2) is 32.0 Å². The number of fused-ring (bicyclic) bond motifs is 3. The molecule has 0 aliphatic heterocycles. The first-order valence-corrected chi connectivity index (χ1v) is 12.8. The molecular weight excluding hydrogens is 476 g/mol. The highest BCUT2D eigenvalue weighted by Crippen LogP contribution is 2.29. The Morgan fingerprint density at radius 3 is 2.47 bits per heavy atom. The van der Waals surface area contributed by atoms with Crippen LogP contribution >= 0.6 is 11.3 Å². The highest BCUT2D eigenvalue weighted by molar-refractivity contribution is 7.17. The number of ether oxygens (including phenoxy) is 2. The molecule has 5 rings (SSSR count). The van der Waals surface area contributed by atoms with Gasteiger partial charge in [0.2, 0.25) is 5.78 Å². The van der Waals surface area contributed by atoms with Crippen LogP contribution in [0.1, 0.15) is 36.1 Å². The molecule has 0 N–H and O–H groups in total. The van der Waals surface area contributed by atoms with E-state index in [1.807, 2.05) is 63.4 Å². The van der Waals surface area contributed by atoms with Gasteiger partial charge >= 0.3 is 5.69 Å². The Balaban J connectivity index is 1.66. The zero-order valence-corrected chi connectivity index (χ0v) is 21.6. The van der Waals surface area contributed by atoms with Crippen molar-refractivity contribution >= 4 is 27.3 Å². The molecule has 186 valence electrons. The second-order valence-corrected chi connectivity index (χ2v) is 9.60. The zero-order valence-electron chi connectivity index (χ0n) is 20.8. The Morgan fingerprint density at radius 2 is 1.69 bits per heavy atom. The number of thiophene rings is 1. The standard InChI is InChI=1S/C27H28N4O4S/c1-5-34-22-10-9-19(14-23(22)35-6-2)15-29-25(32)24-21(11-12-36-24)31-26(29)28-30(27(31)33)16-20-13-17(3)7-8-18(20)4/h7-14H,5-6,15-16H2,1-4H3. The van der Waals surface area contributed by atoms with Gasteiger partial charge in [0.1, 0.15) is 4.70 Å². The lowest BCUT2D eigenvalue weighted by Crippen LogP contribution is -2.26. The minimum absolute atomic E-state index is 0.178. The van der Waals surface area contributed by atoms with E-state index in [1.54, 1.807) is 10.6 Å². The maximum atomic E-state index is 13.5. The zero-order chi connectivity index (χ0) is 25.4. The third-order valence-electron chi connectivity index (χ3n) is 6.16. The molecule has 5 aromatic rings. The molecule has 3 aromatic heterocycles. The van der Waals surface area contributed by atoms with Crippen molar-refractivity contribution in [1.29, 1.82) is 0 Å². The van der Waals surface area contributed by atoms with Gasteiger partial charge in [0, 0.05) is 0 Å². The Bertz CT molecular complexity index is 1690. The number of aryl methyl sites for hydroxylation is 2. The van der Waals surface area contributed by atoms with E-state index in [4.69, 9.17) is 9.47 Å². The SMILES string of the molecule is CCOc1ccc(Cn2c(=O)c3sccc3n3c(=O)n(Cc4cc(C)ccc4C)nc23)cc1OCC. The van der Waals surface area contributed by atoms with Crippen LogP contribution in [0.15, 0.2) is 57.4 Å². The first-order valence-electron chi connectivity index (χ1n) is 12.0. The topological polar surface area (TPSA) is 79.8 Å². The molecule has 8 nitrogen and oxygen atoms in total. The predicted octanol–water partition coefficient (Wildman–Crippen LogP) is 4.38. The molecule has 0 radical (unpaired) electrons. The average molecular weight is 505 g/mol. The van der Waals surface area contributed by atoms with Crippen LogP contribution in [0.4, 0.5) is 0 Å². The van der Waals surface area contributed by atoms with Gasteiger partial charge in [-0.05, 0) is 68.0 Å². The second kappa shape index (κ2) is 9.66. The summed E-state index contributed by atoms with van der Waals surface area (Å²) in [6, 6.07) is 13.6. The summed E-state index contributed by atoms with van der Waals surface area (Å²) >= 11 is 1.33. The molecule has 9 heteroatoms. The summed E-state index contributed by atoms with van der Waals surface area (Å²) in [6.07, 6.45) is 0. The summed E-state index contributed by atoms with van der Waals surface area (Å²) in [7, 11) is 0. The predicted molar refractivity (Wildman–Crippen MR) is 142 cm³/mol. The van der Waals surface area contributed by atoms with E-state index in [0.29, 0.717) is 47.3 Å². The molecule has 0 amide bonds. The van der Waals surface area contributed by atoms with Crippen molar-refractivity contribution in [3.8, 4) is 11.5 Å². The summed E-state index contributed by atoms with van der Waals surface area (Å²) < 4.78 is 16.5. The van der Waals surface area contributed by atoms with E-state index in [2.05, 4.69) is 11.2 Å². The summed E-state index contributed by atoms with van der Waals surface area (Å²) in [5.41, 5.74) is 4.19. The molecule has 0 saturated heterocycles. The molecule has 36 heavy (non-hydrogen) atoms. The number of hydrogen-bond donors (Lipinski definition) is 0. The number of nitrogens with zero attached hydrogens (tertiary/aromatic N) is 4. The highest BCUT2D eigenvalue weighted by Gasteiger charge is 2.19. The summed E-state index contributed by atoms with van der Waals surface area (Å²) in [5, 5.41) is 6.48. The third-order valence-corrected chi connectivity index (χ3v) is 7.05. The van der Waals surface area contributed by atoms with Gasteiger partial charge in [0.25, 0.3) is 5.56 Å². The minimum Gasteiger partial charge on any atom is -0.490 e. The second-order valence-electron chi connectivity index (χ2n) is 8.68. The van der Waals surface area contributed by atoms with E-state index < -0.39 is 0 Å². The fourth-order valence-corrected chi connectivity index (χ4v) is 5.21. The van der Waals surface area contributed by atoms with Crippen molar-refractivity contribution in [2.45, 2.75) is 40.8 Å². The first kappa shape index (κ1) is 23.9. The monoisotopic (exact) mass is 504 g/mol. The van der Waals surface area contributed by atoms with E-state index in [1.165, 1.54) is 20.4 Å². The van der Waals surface area contributed by atoms with Crippen molar-refractivity contribution in [3.63, 3.8) is 0 Å². The number of aromatic nitrogens is 4. The van der Waals surface area contributed by atoms with E-state index in [0.717, 1.165) is 22.3 Å². The lowest BCUT2D eigenvalue weighted by molar-refractivity contribution is 0.287. The van der Waals surface area contributed by atoms with Gasteiger partial charge < -0.3 is 9.47 Å². The minimum atomic E-state index is -0.273. The molecule has 0 fully saturated rings. The van der Waals surface area contributed by atoms with Gasteiger partial charge in [-0.1, -0.05) is 29.8 Å². The molecule has 0 unspecified atom stereocenters. The fraction of sp³-hybridized carbons (Fsp3) is 0.296. The van der Waals surface area contributed by atoms with Gasteiger partial charge in [0.15, 0.2) is 11.5 Å². The van der Waals surface area contributed by atoms with Crippen molar-refractivity contribution in [1.82, 2.24) is 18.7 Å². The molecule has 0 spiro atoms. The molecule has 0 saturated carbocycles. The van der Waals surface area contributed by atoms with Crippen molar-refractivity contribution in [2.24, 2.45) is 0 Å². The van der Waals surface area contributed by atoms with Crippen LogP contribution in [0, 0.1) is 13.8 Å². The van der Waals surface area contributed by atoms with Crippen LogP contribution in [0.5, 0.6) is 11.5 Å². The summed E-state index contributed by atoms with van der Waals surface area (Å²) in [4.78, 5) is 27.0. The van der Waals surface area contributed by atoms with Crippen LogP contribution < -0.4 is 20.7 Å². The molecule has 3 heterocycles. The van der Waals surface area contributed by atoms with E-state index in [9.17, 15) is 9.59 Å². The molecule has 0 bridgehead atoms. The van der Waals surface area contributed by atoms with Gasteiger partial charge in [-0.2, -0.15) is 0 Å². The largest absolute Gasteiger partial charge is 0.490 e. The van der Waals surface area contributed by atoms with Crippen LogP contribution in [0.2, 0.25) is 0 Å². The number of hydrogen-bond acceptors (Lipinski definition) is 6. The quantitative estimate of drug-likeness (QED) is 0.313. The normalized spacial score (nSPS) is 11.4. The van der Waals surface area contributed by atoms with Crippen LogP contribution in [0.3, 0.4) is 0 Å². The maximum absolute atomic E-state index is 13.5. The lowest BCUT2D eigenvalue weighted by atomic mass is 10.1. The van der Waals surface area contributed by atoms with Gasteiger partial charge in [0.05, 0.1) is 31.8 Å². The molecule has 0 aliphatic rings. The average Bonchev–Trinajstić information content (AvgIpc) is 3.46. The van der Waals surface area contributed by atoms with Crippen LogP contribution in [-0.2, 0) is 13.1 Å². The molecule has 0 aliphatic carbocycles. The third kappa shape index (κ3) is 4.19. The Morgan fingerprint density at radius 1 is 0.917 bits per heavy atom. The summed E-state index contributed by atoms with van der Waals surface area (Å²) in [5.74, 6) is 1.59. The smallest absolute Gasteiger partial charge is 0.352 e. The molecular formula is C27H28N4O4S. The van der Waals surface area contributed by atoms with Crippen molar-refractivity contribution in [2.75, 3.05) is 13.2 Å². The van der Waals surface area contributed by atoms with E-state index >= 15 is 0 Å². The van der Waals surface area contributed by atoms with Gasteiger partial charge in [-0.3, -0.25) is 9.36 Å². The highest BCUT2D eigenvalue weighted by atomic mass is 32.1. The van der Waals surface area contributed by atoms with Crippen molar-refractivity contribution in [3.05, 3.63) is 90.9 Å². The Labute approximate surface area is 212 Å². The van der Waals surface area contributed by atoms with Crippen molar-refractivity contribution < 1.29 is 9.47 Å². The first-order chi connectivity index (χ1) is 17.4. The number of benzene rings is 2. The Kier molecular flexibility index (Phi) is 6.40. The van der Waals surface area contributed by atoms with Gasteiger partial charge in [-0.15, -0.1) is 16.4 Å². The van der Waals surface area contributed by atoms with Gasteiger partial charge in [-0.25, -0.2) is 13.9 Å². The molecule has 0 atom stereocenters. The lowest BCUT2D eigenvalue weighted by Gasteiger charge is -2.13. The molecule has 2 aromatic carbocycles.